The van der Waals surface area contributed by atoms with Gasteiger partial charge in [-0.15, -0.1) is 0 Å². The van der Waals surface area contributed by atoms with Crippen molar-refractivity contribution in [1.82, 2.24) is 5.32 Å². The first kappa shape index (κ1) is 15.8. The summed E-state index contributed by atoms with van der Waals surface area (Å²) in [6, 6.07) is 10.8. The molecule has 0 aromatic heterocycles. The molecule has 0 spiro atoms. The van der Waals surface area contributed by atoms with Crippen LogP contribution in [0.1, 0.15) is 28.9 Å². The summed E-state index contributed by atoms with van der Waals surface area (Å²) >= 11 is 5.91. The van der Waals surface area contributed by atoms with Crippen LogP contribution in [0.3, 0.4) is 0 Å². The zero-order chi connectivity index (χ0) is 16.3. The summed E-state index contributed by atoms with van der Waals surface area (Å²) in [4.78, 5) is 22.4. The molecule has 0 bridgehead atoms. The minimum atomic E-state index is -0.619. The molecule has 22 heavy (non-hydrogen) atoms. The van der Waals surface area contributed by atoms with Crippen LogP contribution in [0.2, 0.25) is 5.02 Å². The lowest BCUT2D eigenvalue weighted by atomic mass is 10.1. The molecule has 0 aliphatic heterocycles. The summed E-state index contributed by atoms with van der Waals surface area (Å²) in [6.45, 7) is 1.80. The minimum Gasteiger partial charge on any atom is -0.393 e. The van der Waals surface area contributed by atoms with Crippen molar-refractivity contribution in [2.75, 3.05) is 5.73 Å². The van der Waals surface area contributed by atoms with Crippen LogP contribution in [0.5, 0.6) is 0 Å². The molecule has 0 heterocycles. The maximum absolute atomic E-state index is 12.2. The monoisotopic (exact) mass is 319 g/mol. The summed E-state index contributed by atoms with van der Waals surface area (Å²) in [5, 5.41) is 14.2. The lowest BCUT2D eigenvalue weighted by Crippen LogP contribution is -2.26. The number of hydrogen-bond donors (Lipinski definition) is 2. The number of carbonyl (C=O) groups is 1. The maximum Gasteiger partial charge on any atom is 0.292 e. The Bertz CT molecular complexity index is 734. The molecule has 1 unspecified atom stereocenters. The summed E-state index contributed by atoms with van der Waals surface area (Å²) in [6.07, 6.45) is 0. The van der Waals surface area contributed by atoms with Gasteiger partial charge in [0.25, 0.3) is 11.6 Å². The van der Waals surface area contributed by atoms with Crippen LogP contribution in [0.4, 0.5) is 11.4 Å². The largest absolute Gasteiger partial charge is 0.393 e. The fraction of sp³-hybridized carbons (Fsp3) is 0.133. The van der Waals surface area contributed by atoms with E-state index in [-0.39, 0.29) is 23.0 Å². The van der Waals surface area contributed by atoms with Crippen LogP contribution in [-0.4, -0.2) is 10.8 Å². The van der Waals surface area contributed by atoms with Gasteiger partial charge in [-0.3, -0.25) is 14.9 Å². The Kier molecular flexibility index (Phi) is 4.62. The Morgan fingerprint density at radius 1 is 1.32 bits per heavy atom. The standard InChI is InChI=1S/C15H14ClN3O3/c1-9(10-3-2-4-12(16)7-10)18-15(20)11-5-6-13(17)14(8-11)19(21)22/h2-9H,17H2,1H3,(H,18,20). The van der Waals surface area contributed by atoms with Gasteiger partial charge in [-0.05, 0) is 36.8 Å². The Balaban J connectivity index is 2.19. The van der Waals surface area contributed by atoms with E-state index in [4.69, 9.17) is 17.3 Å². The van der Waals surface area contributed by atoms with Crippen molar-refractivity contribution in [3.8, 4) is 0 Å². The van der Waals surface area contributed by atoms with Gasteiger partial charge in [0.15, 0.2) is 0 Å². The number of nitrogens with two attached hydrogens (primary N) is 1. The van der Waals surface area contributed by atoms with Crippen LogP contribution in [0.15, 0.2) is 42.5 Å². The summed E-state index contributed by atoms with van der Waals surface area (Å²) in [7, 11) is 0. The summed E-state index contributed by atoms with van der Waals surface area (Å²) in [5.41, 5.74) is 6.26. The molecule has 1 atom stereocenters. The highest BCUT2D eigenvalue weighted by Gasteiger charge is 2.17. The molecule has 2 rings (SSSR count). The second-order valence-corrected chi connectivity index (χ2v) is 5.22. The van der Waals surface area contributed by atoms with Gasteiger partial charge < -0.3 is 11.1 Å². The SMILES string of the molecule is CC(NC(=O)c1ccc(N)c([N+](=O)[O-])c1)c1cccc(Cl)c1. The van der Waals surface area contributed by atoms with Crippen LogP contribution >= 0.6 is 11.6 Å². The molecule has 2 aromatic carbocycles. The first-order valence-electron chi connectivity index (χ1n) is 6.48. The molecule has 0 fully saturated rings. The van der Waals surface area contributed by atoms with E-state index >= 15 is 0 Å². The van der Waals surface area contributed by atoms with E-state index in [0.717, 1.165) is 11.6 Å². The van der Waals surface area contributed by atoms with Crippen molar-refractivity contribution >= 4 is 28.9 Å². The number of nitrogens with one attached hydrogen (secondary N) is 1. The number of hydrogen-bond acceptors (Lipinski definition) is 4. The zero-order valence-electron chi connectivity index (χ0n) is 11.7. The van der Waals surface area contributed by atoms with Crippen LogP contribution in [0, 0.1) is 10.1 Å². The Morgan fingerprint density at radius 2 is 2.05 bits per heavy atom. The van der Waals surface area contributed by atoms with Crippen LogP contribution in [0.25, 0.3) is 0 Å². The molecule has 2 aromatic rings. The van der Waals surface area contributed by atoms with Gasteiger partial charge in [0.1, 0.15) is 5.69 Å². The molecule has 6 nitrogen and oxygen atoms in total. The summed E-state index contributed by atoms with van der Waals surface area (Å²) in [5.74, 6) is -0.421. The number of rotatable bonds is 4. The minimum absolute atomic E-state index is 0.0180. The smallest absolute Gasteiger partial charge is 0.292 e. The van der Waals surface area contributed by atoms with Gasteiger partial charge in [-0.2, -0.15) is 0 Å². The number of nitrogen functional groups attached to an aromatic ring is 1. The topological polar surface area (TPSA) is 98.3 Å². The predicted octanol–water partition coefficient (Wildman–Crippen LogP) is 3.32. The van der Waals surface area contributed by atoms with Gasteiger partial charge >= 0.3 is 0 Å². The van der Waals surface area contributed by atoms with Gasteiger partial charge in [-0.25, -0.2) is 0 Å². The molecular formula is C15H14ClN3O3. The van der Waals surface area contributed by atoms with Crippen LogP contribution < -0.4 is 11.1 Å². The normalized spacial score (nSPS) is 11.7. The van der Waals surface area contributed by atoms with Crippen molar-refractivity contribution in [2.45, 2.75) is 13.0 Å². The molecule has 1 amide bonds. The number of nitro benzene ring substituents is 1. The molecular weight excluding hydrogens is 306 g/mol. The van der Waals surface area contributed by atoms with Gasteiger partial charge in [-0.1, -0.05) is 23.7 Å². The number of carbonyl (C=O) groups excluding carboxylic acids is 1. The number of amides is 1. The predicted molar refractivity (Wildman–Crippen MR) is 84.8 cm³/mol. The third kappa shape index (κ3) is 3.53. The molecule has 0 aliphatic carbocycles. The first-order valence-corrected chi connectivity index (χ1v) is 6.86. The van der Waals surface area contributed by atoms with Crippen molar-refractivity contribution in [1.29, 1.82) is 0 Å². The highest BCUT2D eigenvalue weighted by atomic mass is 35.5. The van der Waals surface area contributed by atoms with Gasteiger partial charge in [0.05, 0.1) is 11.0 Å². The average Bonchev–Trinajstić information content (AvgIpc) is 2.47. The zero-order valence-corrected chi connectivity index (χ0v) is 12.5. The average molecular weight is 320 g/mol. The Hall–Kier alpha value is -2.60. The van der Waals surface area contributed by atoms with Crippen molar-refractivity contribution in [3.05, 3.63) is 68.7 Å². The Labute approximate surface area is 132 Å². The number of nitro groups is 1. The van der Waals surface area contributed by atoms with Crippen LogP contribution in [-0.2, 0) is 0 Å². The number of halogens is 1. The van der Waals surface area contributed by atoms with E-state index in [9.17, 15) is 14.9 Å². The van der Waals surface area contributed by atoms with E-state index < -0.39 is 10.8 Å². The number of nitrogens with zero attached hydrogens (tertiary/aromatic N) is 1. The number of anilines is 1. The molecule has 0 aliphatic rings. The lowest BCUT2D eigenvalue weighted by Gasteiger charge is -2.14. The second-order valence-electron chi connectivity index (χ2n) is 4.78. The highest BCUT2D eigenvalue weighted by Crippen LogP contribution is 2.23. The molecule has 0 saturated carbocycles. The van der Waals surface area contributed by atoms with E-state index in [1.54, 1.807) is 25.1 Å². The van der Waals surface area contributed by atoms with E-state index in [0.29, 0.717) is 5.02 Å². The summed E-state index contributed by atoms with van der Waals surface area (Å²) < 4.78 is 0. The maximum atomic E-state index is 12.2. The van der Waals surface area contributed by atoms with Gasteiger partial charge in [0.2, 0.25) is 0 Å². The third-order valence-electron chi connectivity index (χ3n) is 3.19. The third-order valence-corrected chi connectivity index (χ3v) is 3.42. The van der Waals surface area contributed by atoms with Crippen molar-refractivity contribution < 1.29 is 9.72 Å². The molecule has 3 N–H and O–H groups in total. The van der Waals surface area contributed by atoms with Crippen molar-refractivity contribution in [3.63, 3.8) is 0 Å². The van der Waals surface area contributed by atoms with Crippen molar-refractivity contribution in [2.24, 2.45) is 0 Å². The van der Waals surface area contributed by atoms with Gasteiger partial charge in [0, 0.05) is 16.7 Å². The molecule has 7 heteroatoms. The second kappa shape index (κ2) is 6.44. The lowest BCUT2D eigenvalue weighted by molar-refractivity contribution is -0.383. The molecule has 114 valence electrons. The van der Waals surface area contributed by atoms with E-state index in [1.807, 2.05) is 6.07 Å². The fourth-order valence-electron chi connectivity index (χ4n) is 1.98. The molecule has 0 radical (unpaired) electrons. The van der Waals surface area contributed by atoms with E-state index in [1.165, 1.54) is 12.1 Å². The first-order chi connectivity index (χ1) is 10.4. The van der Waals surface area contributed by atoms with E-state index in [2.05, 4.69) is 5.32 Å². The quantitative estimate of drug-likeness (QED) is 0.513. The number of benzene rings is 2. The highest BCUT2D eigenvalue weighted by molar-refractivity contribution is 6.30. The fourth-order valence-corrected chi connectivity index (χ4v) is 2.18. The molecule has 0 saturated heterocycles. The Morgan fingerprint density at radius 3 is 2.68 bits per heavy atom.